The maximum Gasteiger partial charge on any atom is 0.108 e. The van der Waals surface area contributed by atoms with Gasteiger partial charge in [-0.05, 0) is 45.4 Å². The number of rotatable bonds is 3. The average molecular weight is 179 g/mol. The third-order valence-corrected chi connectivity index (χ3v) is 2.08. The summed E-state index contributed by atoms with van der Waals surface area (Å²) in [6.45, 7) is 6.75. The van der Waals surface area contributed by atoms with Crippen LogP contribution in [0.1, 0.15) is 30.4 Å². The van der Waals surface area contributed by atoms with Crippen molar-refractivity contribution in [3.8, 4) is 0 Å². The van der Waals surface area contributed by atoms with E-state index >= 15 is 0 Å². The standard InChI is InChI=1S/C11H17NO/c1-8(5-4-6-12)11-7-9(2)13-10(11)3/h5,7H,4,6,12H2,1-3H3. The van der Waals surface area contributed by atoms with E-state index in [9.17, 15) is 0 Å². The first-order valence-electron chi connectivity index (χ1n) is 4.59. The van der Waals surface area contributed by atoms with Crippen LogP contribution in [-0.4, -0.2) is 6.54 Å². The number of allylic oxidation sites excluding steroid dienone is 1. The summed E-state index contributed by atoms with van der Waals surface area (Å²) in [5, 5.41) is 0. The monoisotopic (exact) mass is 179 g/mol. The van der Waals surface area contributed by atoms with Gasteiger partial charge in [-0.3, -0.25) is 0 Å². The van der Waals surface area contributed by atoms with Gasteiger partial charge in [0.15, 0.2) is 0 Å². The lowest BCUT2D eigenvalue weighted by atomic mass is 10.1. The Bertz CT molecular complexity index is 310. The van der Waals surface area contributed by atoms with Gasteiger partial charge in [-0.1, -0.05) is 6.08 Å². The first-order chi connectivity index (χ1) is 6.15. The average Bonchev–Trinajstić information content (AvgIpc) is 2.41. The molecule has 1 rings (SSSR count). The quantitative estimate of drug-likeness (QED) is 0.774. The Balaban J connectivity index is 2.87. The van der Waals surface area contributed by atoms with Gasteiger partial charge in [0.25, 0.3) is 0 Å². The molecule has 0 saturated carbocycles. The van der Waals surface area contributed by atoms with E-state index in [0.717, 1.165) is 17.9 Å². The molecule has 2 nitrogen and oxygen atoms in total. The summed E-state index contributed by atoms with van der Waals surface area (Å²) >= 11 is 0. The molecule has 0 bridgehead atoms. The Morgan fingerprint density at radius 3 is 2.69 bits per heavy atom. The summed E-state index contributed by atoms with van der Waals surface area (Å²) in [6, 6.07) is 2.07. The Morgan fingerprint density at radius 1 is 1.54 bits per heavy atom. The second-order valence-corrected chi connectivity index (χ2v) is 3.29. The fraction of sp³-hybridized carbons (Fsp3) is 0.455. The van der Waals surface area contributed by atoms with E-state index in [2.05, 4.69) is 19.1 Å². The van der Waals surface area contributed by atoms with Crippen LogP contribution in [0.15, 0.2) is 16.6 Å². The fourth-order valence-electron chi connectivity index (χ4n) is 1.43. The Morgan fingerprint density at radius 2 is 2.23 bits per heavy atom. The van der Waals surface area contributed by atoms with Gasteiger partial charge >= 0.3 is 0 Å². The van der Waals surface area contributed by atoms with Gasteiger partial charge in [0.2, 0.25) is 0 Å². The highest BCUT2D eigenvalue weighted by Crippen LogP contribution is 2.22. The minimum Gasteiger partial charge on any atom is -0.466 e. The van der Waals surface area contributed by atoms with Crippen LogP contribution in [0, 0.1) is 13.8 Å². The molecule has 0 saturated heterocycles. The molecular weight excluding hydrogens is 162 g/mol. The van der Waals surface area contributed by atoms with Gasteiger partial charge in [-0.15, -0.1) is 0 Å². The molecule has 1 aromatic rings. The number of hydrogen-bond donors (Lipinski definition) is 1. The molecule has 0 aliphatic rings. The molecule has 2 heteroatoms. The van der Waals surface area contributed by atoms with Crippen molar-refractivity contribution in [3.63, 3.8) is 0 Å². The van der Waals surface area contributed by atoms with E-state index in [0.29, 0.717) is 6.54 Å². The molecule has 0 aliphatic carbocycles. The number of furan rings is 1. The molecule has 0 radical (unpaired) electrons. The molecule has 0 spiro atoms. The lowest BCUT2D eigenvalue weighted by molar-refractivity contribution is 0.504. The summed E-state index contributed by atoms with van der Waals surface area (Å²) < 4.78 is 5.44. The molecule has 0 unspecified atom stereocenters. The van der Waals surface area contributed by atoms with E-state index in [1.165, 1.54) is 11.1 Å². The molecule has 0 aliphatic heterocycles. The summed E-state index contributed by atoms with van der Waals surface area (Å²) in [5.74, 6) is 1.95. The third-order valence-electron chi connectivity index (χ3n) is 2.08. The topological polar surface area (TPSA) is 39.2 Å². The van der Waals surface area contributed by atoms with Crippen molar-refractivity contribution >= 4 is 5.57 Å². The first-order valence-corrected chi connectivity index (χ1v) is 4.59. The SMILES string of the molecule is CC(=CCCN)c1cc(C)oc1C. The molecule has 0 amide bonds. The van der Waals surface area contributed by atoms with Crippen LogP contribution in [0.2, 0.25) is 0 Å². The summed E-state index contributed by atoms with van der Waals surface area (Å²) in [5.41, 5.74) is 7.88. The van der Waals surface area contributed by atoms with Crippen molar-refractivity contribution in [3.05, 3.63) is 29.2 Å². The molecule has 0 aromatic carbocycles. The van der Waals surface area contributed by atoms with Crippen molar-refractivity contribution in [1.29, 1.82) is 0 Å². The molecule has 0 fully saturated rings. The Labute approximate surface area is 79.4 Å². The Kier molecular flexibility index (Phi) is 3.32. The van der Waals surface area contributed by atoms with Crippen molar-refractivity contribution in [1.82, 2.24) is 0 Å². The van der Waals surface area contributed by atoms with Gasteiger partial charge in [-0.25, -0.2) is 0 Å². The first kappa shape index (κ1) is 10.1. The third kappa shape index (κ3) is 2.46. The normalized spacial score (nSPS) is 12.2. The van der Waals surface area contributed by atoms with Gasteiger partial charge in [-0.2, -0.15) is 0 Å². The van der Waals surface area contributed by atoms with Gasteiger partial charge in [0.05, 0.1) is 0 Å². The van der Waals surface area contributed by atoms with E-state index in [1.54, 1.807) is 0 Å². The van der Waals surface area contributed by atoms with Gasteiger partial charge in [0.1, 0.15) is 11.5 Å². The lowest BCUT2D eigenvalue weighted by Crippen LogP contribution is -1.95. The van der Waals surface area contributed by atoms with Crippen LogP contribution >= 0.6 is 0 Å². The Hall–Kier alpha value is -1.02. The van der Waals surface area contributed by atoms with E-state index in [4.69, 9.17) is 10.2 Å². The van der Waals surface area contributed by atoms with Crippen LogP contribution in [-0.2, 0) is 0 Å². The van der Waals surface area contributed by atoms with Crippen LogP contribution in [0.3, 0.4) is 0 Å². The summed E-state index contributed by atoms with van der Waals surface area (Å²) in [7, 11) is 0. The van der Waals surface area contributed by atoms with Crippen molar-refractivity contribution in [2.45, 2.75) is 27.2 Å². The zero-order valence-corrected chi connectivity index (χ0v) is 8.55. The number of aryl methyl sites for hydroxylation is 2. The zero-order chi connectivity index (χ0) is 9.84. The van der Waals surface area contributed by atoms with E-state index < -0.39 is 0 Å². The smallest absolute Gasteiger partial charge is 0.108 e. The minimum atomic E-state index is 0.702. The highest BCUT2D eigenvalue weighted by Gasteiger charge is 2.04. The van der Waals surface area contributed by atoms with Crippen molar-refractivity contribution < 1.29 is 4.42 Å². The highest BCUT2D eigenvalue weighted by molar-refractivity contribution is 5.65. The maximum absolute atomic E-state index is 5.44. The van der Waals surface area contributed by atoms with E-state index in [1.807, 2.05) is 13.8 Å². The molecule has 2 N–H and O–H groups in total. The van der Waals surface area contributed by atoms with Crippen LogP contribution < -0.4 is 5.73 Å². The fourth-order valence-corrected chi connectivity index (χ4v) is 1.43. The molecule has 1 aromatic heterocycles. The van der Waals surface area contributed by atoms with Gasteiger partial charge in [0, 0.05) is 5.56 Å². The molecule has 1 heterocycles. The molecular formula is C11H17NO. The van der Waals surface area contributed by atoms with Gasteiger partial charge < -0.3 is 10.2 Å². The van der Waals surface area contributed by atoms with Crippen LogP contribution in [0.4, 0.5) is 0 Å². The predicted molar refractivity (Wildman–Crippen MR) is 55.5 cm³/mol. The predicted octanol–water partition coefficient (Wildman–Crippen LogP) is 2.65. The van der Waals surface area contributed by atoms with Crippen LogP contribution in [0.5, 0.6) is 0 Å². The highest BCUT2D eigenvalue weighted by atomic mass is 16.3. The largest absolute Gasteiger partial charge is 0.466 e. The summed E-state index contributed by atoms with van der Waals surface area (Å²) in [6.07, 6.45) is 3.08. The lowest BCUT2D eigenvalue weighted by Gasteiger charge is -1.97. The zero-order valence-electron chi connectivity index (χ0n) is 8.55. The van der Waals surface area contributed by atoms with Crippen molar-refractivity contribution in [2.24, 2.45) is 5.73 Å². The minimum absolute atomic E-state index is 0.702. The van der Waals surface area contributed by atoms with E-state index in [-0.39, 0.29) is 0 Å². The number of hydrogen-bond acceptors (Lipinski definition) is 2. The van der Waals surface area contributed by atoms with Crippen LogP contribution in [0.25, 0.3) is 5.57 Å². The summed E-state index contributed by atoms with van der Waals surface area (Å²) in [4.78, 5) is 0. The second kappa shape index (κ2) is 4.28. The second-order valence-electron chi connectivity index (χ2n) is 3.29. The van der Waals surface area contributed by atoms with Crippen molar-refractivity contribution in [2.75, 3.05) is 6.54 Å². The molecule has 72 valence electrons. The number of nitrogens with two attached hydrogens (primary N) is 1. The molecule has 0 atom stereocenters. The maximum atomic E-state index is 5.44. The molecule has 13 heavy (non-hydrogen) atoms.